The second kappa shape index (κ2) is 6.40. The fourth-order valence-corrected chi connectivity index (χ4v) is 3.85. The molecular formula is C17H27NO. The highest BCUT2D eigenvalue weighted by Crippen LogP contribution is 2.38. The third-order valence-corrected chi connectivity index (χ3v) is 4.90. The van der Waals surface area contributed by atoms with Crippen LogP contribution in [0.1, 0.15) is 86.5 Å². The number of aromatic amines is 1. The van der Waals surface area contributed by atoms with Crippen molar-refractivity contribution in [2.24, 2.45) is 5.92 Å². The van der Waals surface area contributed by atoms with Gasteiger partial charge < -0.3 is 4.98 Å². The number of rotatable bonds is 4. The van der Waals surface area contributed by atoms with Crippen LogP contribution in [0.25, 0.3) is 0 Å². The van der Waals surface area contributed by atoms with Gasteiger partial charge in [0.25, 0.3) is 0 Å². The molecule has 2 aliphatic rings. The summed E-state index contributed by atoms with van der Waals surface area (Å²) in [6.07, 6.45) is 13.3. The summed E-state index contributed by atoms with van der Waals surface area (Å²) in [6, 6.07) is 2.04. The SMILES string of the molecule is C.O=Cc1cc2c([nH]1)[C@H](CCC1CCCCC1)CC2. The molecule has 1 saturated carbocycles. The second-order valence-electron chi connectivity index (χ2n) is 6.10. The van der Waals surface area contributed by atoms with Crippen LogP contribution in [0, 0.1) is 5.92 Å². The summed E-state index contributed by atoms with van der Waals surface area (Å²) < 4.78 is 0. The molecule has 0 spiro atoms. The molecule has 0 unspecified atom stereocenters. The van der Waals surface area contributed by atoms with Gasteiger partial charge in [-0.25, -0.2) is 0 Å². The summed E-state index contributed by atoms with van der Waals surface area (Å²) in [5, 5.41) is 0. The maximum Gasteiger partial charge on any atom is 0.166 e. The fourth-order valence-electron chi connectivity index (χ4n) is 3.85. The minimum atomic E-state index is 0. The van der Waals surface area contributed by atoms with Gasteiger partial charge in [0.2, 0.25) is 0 Å². The molecule has 0 saturated heterocycles. The molecule has 2 heteroatoms. The Morgan fingerprint density at radius 2 is 1.95 bits per heavy atom. The molecule has 0 aliphatic heterocycles. The largest absolute Gasteiger partial charge is 0.356 e. The van der Waals surface area contributed by atoms with Crippen LogP contribution in [-0.4, -0.2) is 11.3 Å². The van der Waals surface area contributed by atoms with Gasteiger partial charge >= 0.3 is 0 Å². The number of nitrogens with one attached hydrogen (secondary N) is 1. The number of carbonyl (C=O) groups is 1. The van der Waals surface area contributed by atoms with E-state index in [2.05, 4.69) is 4.98 Å². The average Bonchev–Trinajstić information content (AvgIpc) is 2.97. The highest BCUT2D eigenvalue weighted by atomic mass is 16.1. The molecule has 2 nitrogen and oxygen atoms in total. The van der Waals surface area contributed by atoms with Gasteiger partial charge in [-0.05, 0) is 49.1 Å². The first-order valence-electron chi connectivity index (χ1n) is 7.54. The number of fused-ring (bicyclic) bond motifs is 1. The Kier molecular flexibility index (Phi) is 4.84. The van der Waals surface area contributed by atoms with E-state index in [0.29, 0.717) is 5.92 Å². The first-order valence-corrected chi connectivity index (χ1v) is 7.54. The zero-order valence-corrected chi connectivity index (χ0v) is 11.1. The number of H-pyrrole nitrogens is 1. The zero-order valence-electron chi connectivity index (χ0n) is 11.1. The van der Waals surface area contributed by atoms with Crippen molar-refractivity contribution in [2.75, 3.05) is 0 Å². The van der Waals surface area contributed by atoms with Gasteiger partial charge in [0, 0.05) is 5.69 Å². The predicted octanol–water partition coefficient (Wildman–Crippen LogP) is 4.85. The van der Waals surface area contributed by atoms with Crippen molar-refractivity contribution < 1.29 is 4.79 Å². The summed E-state index contributed by atoms with van der Waals surface area (Å²) in [5.74, 6) is 1.67. The third-order valence-electron chi connectivity index (χ3n) is 4.90. The zero-order chi connectivity index (χ0) is 12.4. The Bertz CT molecular complexity index is 415. The molecule has 0 radical (unpaired) electrons. The van der Waals surface area contributed by atoms with E-state index in [0.717, 1.165) is 24.3 Å². The number of aryl methyl sites for hydroxylation is 1. The lowest BCUT2D eigenvalue weighted by atomic mass is 9.84. The van der Waals surface area contributed by atoms with Crippen LogP contribution in [0.15, 0.2) is 6.07 Å². The molecule has 1 aromatic rings. The molecule has 106 valence electrons. The van der Waals surface area contributed by atoms with E-state index in [9.17, 15) is 4.79 Å². The lowest BCUT2D eigenvalue weighted by molar-refractivity contribution is 0.111. The number of hydrogen-bond donors (Lipinski definition) is 1. The molecule has 1 fully saturated rings. The van der Waals surface area contributed by atoms with E-state index in [1.165, 1.54) is 62.6 Å². The predicted molar refractivity (Wildman–Crippen MR) is 79.8 cm³/mol. The monoisotopic (exact) mass is 261 g/mol. The highest BCUT2D eigenvalue weighted by Gasteiger charge is 2.25. The molecule has 19 heavy (non-hydrogen) atoms. The van der Waals surface area contributed by atoms with Crippen LogP contribution in [-0.2, 0) is 6.42 Å². The van der Waals surface area contributed by atoms with Crippen molar-refractivity contribution in [1.29, 1.82) is 0 Å². The normalized spacial score (nSPS) is 22.8. The number of carbonyl (C=O) groups excluding carboxylic acids is 1. The van der Waals surface area contributed by atoms with Crippen molar-refractivity contribution in [2.45, 2.75) is 71.1 Å². The maximum absolute atomic E-state index is 10.8. The van der Waals surface area contributed by atoms with E-state index in [1.807, 2.05) is 6.07 Å². The highest BCUT2D eigenvalue weighted by molar-refractivity contribution is 5.73. The first kappa shape index (κ1) is 14.4. The van der Waals surface area contributed by atoms with E-state index >= 15 is 0 Å². The lowest BCUT2D eigenvalue weighted by Crippen LogP contribution is -2.08. The average molecular weight is 261 g/mol. The number of hydrogen-bond acceptors (Lipinski definition) is 1. The second-order valence-corrected chi connectivity index (χ2v) is 6.10. The first-order chi connectivity index (χ1) is 8.86. The smallest absolute Gasteiger partial charge is 0.166 e. The molecule has 1 heterocycles. The van der Waals surface area contributed by atoms with Crippen LogP contribution < -0.4 is 0 Å². The van der Waals surface area contributed by atoms with Crippen molar-refractivity contribution in [3.8, 4) is 0 Å². The fraction of sp³-hybridized carbons (Fsp3) is 0.706. The van der Waals surface area contributed by atoms with Gasteiger partial charge in [0.1, 0.15) is 0 Å². The molecule has 0 bridgehead atoms. The van der Waals surface area contributed by atoms with Crippen molar-refractivity contribution in [3.63, 3.8) is 0 Å². The Labute approximate surface area is 117 Å². The van der Waals surface area contributed by atoms with Gasteiger partial charge in [-0.3, -0.25) is 4.79 Å². The lowest BCUT2D eigenvalue weighted by Gasteiger charge is -2.22. The van der Waals surface area contributed by atoms with Crippen LogP contribution in [0.3, 0.4) is 0 Å². The van der Waals surface area contributed by atoms with E-state index in [4.69, 9.17) is 0 Å². The van der Waals surface area contributed by atoms with E-state index in [-0.39, 0.29) is 7.43 Å². The molecule has 1 aromatic heterocycles. The molecule has 2 aliphatic carbocycles. The summed E-state index contributed by atoms with van der Waals surface area (Å²) in [7, 11) is 0. The number of aldehydes is 1. The van der Waals surface area contributed by atoms with Crippen molar-refractivity contribution in [1.82, 2.24) is 4.98 Å². The summed E-state index contributed by atoms with van der Waals surface area (Å²) in [4.78, 5) is 14.1. The van der Waals surface area contributed by atoms with Gasteiger partial charge in [-0.1, -0.05) is 39.5 Å². The van der Waals surface area contributed by atoms with Gasteiger partial charge in [0.05, 0.1) is 5.69 Å². The van der Waals surface area contributed by atoms with Crippen LogP contribution >= 0.6 is 0 Å². The standard InChI is InChI=1S/C16H23NO.CH4/c18-11-15-10-14-9-8-13(16(14)17-15)7-6-12-4-2-1-3-5-12;/h10-13,17H,1-9H2;1H4/t13-;/m1./s1. The maximum atomic E-state index is 10.8. The minimum absolute atomic E-state index is 0. The van der Waals surface area contributed by atoms with E-state index < -0.39 is 0 Å². The van der Waals surface area contributed by atoms with Crippen LogP contribution in [0.2, 0.25) is 0 Å². The molecule has 3 rings (SSSR count). The Morgan fingerprint density at radius 3 is 2.68 bits per heavy atom. The molecule has 0 amide bonds. The molecule has 0 aromatic carbocycles. The number of aromatic nitrogens is 1. The summed E-state index contributed by atoms with van der Waals surface area (Å²) in [5.41, 5.74) is 3.53. The summed E-state index contributed by atoms with van der Waals surface area (Å²) in [6.45, 7) is 0. The molecule has 1 N–H and O–H groups in total. The van der Waals surface area contributed by atoms with E-state index in [1.54, 1.807) is 0 Å². The topological polar surface area (TPSA) is 32.9 Å². The molecular weight excluding hydrogens is 234 g/mol. The third kappa shape index (κ3) is 3.10. The Hall–Kier alpha value is -1.05. The van der Waals surface area contributed by atoms with Crippen molar-refractivity contribution in [3.05, 3.63) is 23.0 Å². The molecule has 1 atom stereocenters. The minimum Gasteiger partial charge on any atom is -0.356 e. The van der Waals surface area contributed by atoms with Crippen LogP contribution in [0.5, 0.6) is 0 Å². The Balaban J connectivity index is 0.00000133. The Morgan fingerprint density at radius 1 is 1.16 bits per heavy atom. The van der Waals surface area contributed by atoms with Gasteiger partial charge in [0.15, 0.2) is 6.29 Å². The summed E-state index contributed by atoms with van der Waals surface area (Å²) >= 11 is 0. The van der Waals surface area contributed by atoms with Gasteiger partial charge in [-0.2, -0.15) is 0 Å². The quantitative estimate of drug-likeness (QED) is 0.772. The van der Waals surface area contributed by atoms with Crippen LogP contribution in [0.4, 0.5) is 0 Å². The van der Waals surface area contributed by atoms with Gasteiger partial charge in [-0.15, -0.1) is 0 Å². The van der Waals surface area contributed by atoms with Crippen molar-refractivity contribution >= 4 is 6.29 Å².